The highest BCUT2D eigenvalue weighted by molar-refractivity contribution is 5.83. The highest BCUT2D eigenvalue weighted by Crippen LogP contribution is 2.23. The number of ether oxygens (including phenoxy) is 1. The average Bonchev–Trinajstić information content (AvgIpc) is 2.86. The monoisotopic (exact) mass is 306 g/mol. The van der Waals surface area contributed by atoms with Gasteiger partial charge in [0.1, 0.15) is 18.0 Å². The minimum Gasteiger partial charge on any atom is -0.491 e. The summed E-state index contributed by atoms with van der Waals surface area (Å²) in [4.78, 5) is 24.3. The summed E-state index contributed by atoms with van der Waals surface area (Å²) in [6, 6.07) is 7.61. The largest absolute Gasteiger partial charge is 0.491 e. The van der Waals surface area contributed by atoms with Crippen LogP contribution in [0.2, 0.25) is 0 Å². The summed E-state index contributed by atoms with van der Waals surface area (Å²) in [5.74, 6) is 0.267. The molecule has 0 aliphatic carbocycles. The molecule has 1 saturated heterocycles. The molecular formula is C16H22N2O4. The third kappa shape index (κ3) is 4.46. The van der Waals surface area contributed by atoms with E-state index < -0.39 is 5.60 Å². The van der Waals surface area contributed by atoms with Crippen LogP contribution in [-0.2, 0) is 9.59 Å². The van der Waals surface area contributed by atoms with Crippen LogP contribution in [0.1, 0.15) is 18.9 Å². The lowest BCUT2D eigenvalue weighted by atomic mass is 10.1. The van der Waals surface area contributed by atoms with Crippen LogP contribution < -0.4 is 10.1 Å². The number of carbonyl (C=O) groups is 2. The van der Waals surface area contributed by atoms with Crippen LogP contribution in [-0.4, -0.2) is 53.7 Å². The maximum atomic E-state index is 11.9. The van der Waals surface area contributed by atoms with Crippen LogP contribution in [0.3, 0.4) is 0 Å². The van der Waals surface area contributed by atoms with Crippen molar-refractivity contribution in [1.82, 2.24) is 10.2 Å². The minimum absolute atomic E-state index is 0.0375. The van der Waals surface area contributed by atoms with Crippen LogP contribution in [0.25, 0.3) is 0 Å². The summed E-state index contributed by atoms with van der Waals surface area (Å²) in [6.07, 6.45) is 0.463. The van der Waals surface area contributed by atoms with Crippen LogP contribution in [0, 0.1) is 6.92 Å². The van der Waals surface area contributed by atoms with Gasteiger partial charge in [0.2, 0.25) is 11.8 Å². The van der Waals surface area contributed by atoms with Crippen LogP contribution in [0.15, 0.2) is 24.3 Å². The number of amides is 2. The number of benzene rings is 1. The molecule has 0 aromatic heterocycles. The van der Waals surface area contributed by atoms with Gasteiger partial charge in [-0.15, -0.1) is 0 Å². The van der Waals surface area contributed by atoms with E-state index in [1.807, 2.05) is 31.2 Å². The van der Waals surface area contributed by atoms with Crippen molar-refractivity contribution in [1.29, 1.82) is 0 Å². The van der Waals surface area contributed by atoms with Crippen LogP contribution in [0.5, 0.6) is 5.75 Å². The van der Waals surface area contributed by atoms with Crippen LogP contribution in [0.4, 0.5) is 0 Å². The zero-order valence-corrected chi connectivity index (χ0v) is 13.0. The lowest BCUT2D eigenvalue weighted by molar-refractivity contribution is -0.132. The number of nitrogens with one attached hydrogen (secondary N) is 1. The number of hydrogen-bond donors (Lipinski definition) is 2. The van der Waals surface area contributed by atoms with Gasteiger partial charge in [0, 0.05) is 13.5 Å². The van der Waals surface area contributed by atoms with Gasteiger partial charge in [0.15, 0.2) is 0 Å². The van der Waals surface area contributed by atoms with Crippen molar-refractivity contribution in [2.75, 3.05) is 26.2 Å². The highest BCUT2D eigenvalue weighted by atomic mass is 16.5. The molecule has 120 valence electrons. The summed E-state index contributed by atoms with van der Waals surface area (Å²) >= 11 is 0. The molecule has 22 heavy (non-hydrogen) atoms. The second kappa shape index (κ2) is 6.79. The second-order valence-corrected chi connectivity index (χ2v) is 5.80. The summed E-state index contributed by atoms with van der Waals surface area (Å²) in [7, 11) is 0. The number of aryl methyl sites for hydroxylation is 1. The molecular weight excluding hydrogens is 284 g/mol. The van der Waals surface area contributed by atoms with Crippen molar-refractivity contribution in [3.05, 3.63) is 29.8 Å². The Morgan fingerprint density at radius 3 is 2.91 bits per heavy atom. The Morgan fingerprint density at radius 2 is 2.23 bits per heavy atom. The van der Waals surface area contributed by atoms with Gasteiger partial charge in [-0.1, -0.05) is 12.1 Å². The standard InChI is InChI=1S/C16H22N2O4/c1-12-4-3-5-14(8-12)22-11-16(21)6-7-18(10-16)15(20)9-17-13(2)19/h3-5,8,21H,6-7,9-11H2,1-2H3,(H,17,19)/t16-/m1/s1. The Labute approximate surface area is 130 Å². The first-order valence-corrected chi connectivity index (χ1v) is 7.32. The summed E-state index contributed by atoms with van der Waals surface area (Å²) in [6.45, 7) is 4.12. The second-order valence-electron chi connectivity index (χ2n) is 5.80. The summed E-state index contributed by atoms with van der Waals surface area (Å²) in [5.41, 5.74) is 0.0401. The summed E-state index contributed by atoms with van der Waals surface area (Å²) in [5, 5.41) is 13.0. The Bertz CT molecular complexity index is 561. The van der Waals surface area contributed by atoms with E-state index in [1.165, 1.54) is 6.92 Å². The molecule has 0 saturated carbocycles. The molecule has 0 bridgehead atoms. The van der Waals surface area contributed by atoms with Gasteiger partial charge >= 0.3 is 0 Å². The van der Waals surface area contributed by atoms with Gasteiger partial charge in [-0.25, -0.2) is 0 Å². The van der Waals surface area contributed by atoms with Crippen molar-refractivity contribution in [3.8, 4) is 5.75 Å². The van der Waals surface area contributed by atoms with E-state index in [2.05, 4.69) is 5.32 Å². The lowest BCUT2D eigenvalue weighted by Gasteiger charge is -2.23. The average molecular weight is 306 g/mol. The molecule has 1 aromatic rings. The first-order valence-electron chi connectivity index (χ1n) is 7.32. The van der Waals surface area contributed by atoms with Crippen molar-refractivity contribution in [2.45, 2.75) is 25.9 Å². The molecule has 2 rings (SSSR count). The number of rotatable bonds is 5. The smallest absolute Gasteiger partial charge is 0.242 e. The van der Waals surface area contributed by atoms with Gasteiger partial charge in [-0.3, -0.25) is 9.59 Å². The fourth-order valence-corrected chi connectivity index (χ4v) is 2.42. The number of aliphatic hydroxyl groups is 1. The van der Waals surface area contributed by atoms with E-state index in [-0.39, 0.29) is 31.5 Å². The van der Waals surface area contributed by atoms with Crippen molar-refractivity contribution < 1.29 is 19.4 Å². The molecule has 1 aromatic carbocycles. The maximum Gasteiger partial charge on any atom is 0.242 e. The molecule has 1 atom stereocenters. The molecule has 2 amide bonds. The first-order chi connectivity index (χ1) is 10.4. The zero-order chi connectivity index (χ0) is 16.2. The van der Waals surface area contributed by atoms with Crippen molar-refractivity contribution >= 4 is 11.8 Å². The maximum absolute atomic E-state index is 11.9. The fraction of sp³-hybridized carbons (Fsp3) is 0.500. The van der Waals surface area contributed by atoms with Gasteiger partial charge in [0.05, 0.1) is 13.1 Å². The van der Waals surface area contributed by atoms with Gasteiger partial charge in [0.25, 0.3) is 0 Å². The Balaban J connectivity index is 1.85. The van der Waals surface area contributed by atoms with E-state index in [0.717, 1.165) is 5.56 Å². The Kier molecular flexibility index (Phi) is 5.03. The molecule has 1 heterocycles. The van der Waals surface area contributed by atoms with Gasteiger partial charge in [-0.05, 0) is 31.0 Å². The van der Waals surface area contributed by atoms with Crippen molar-refractivity contribution in [3.63, 3.8) is 0 Å². The molecule has 2 N–H and O–H groups in total. The lowest BCUT2D eigenvalue weighted by Crippen LogP contribution is -2.43. The predicted molar refractivity (Wildman–Crippen MR) is 81.5 cm³/mol. The first kappa shape index (κ1) is 16.3. The number of nitrogens with zero attached hydrogens (tertiary/aromatic N) is 1. The third-order valence-corrected chi connectivity index (χ3v) is 3.67. The topological polar surface area (TPSA) is 78.9 Å². The zero-order valence-electron chi connectivity index (χ0n) is 13.0. The third-order valence-electron chi connectivity index (χ3n) is 3.67. The molecule has 0 unspecified atom stereocenters. The molecule has 1 fully saturated rings. The van der Waals surface area contributed by atoms with E-state index in [0.29, 0.717) is 18.7 Å². The van der Waals surface area contributed by atoms with E-state index >= 15 is 0 Å². The SMILES string of the molecule is CC(=O)NCC(=O)N1CC[C@](O)(COc2cccc(C)c2)C1. The molecule has 6 nitrogen and oxygen atoms in total. The number of carbonyl (C=O) groups excluding carboxylic acids is 2. The Hall–Kier alpha value is -2.08. The molecule has 1 aliphatic rings. The summed E-state index contributed by atoms with van der Waals surface area (Å²) < 4.78 is 5.64. The highest BCUT2D eigenvalue weighted by Gasteiger charge is 2.38. The predicted octanol–water partition coefficient (Wildman–Crippen LogP) is 0.473. The minimum atomic E-state index is -1.05. The van der Waals surface area contributed by atoms with Gasteiger partial charge < -0.3 is 20.1 Å². The normalized spacial score (nSPS) is 20.8. The quantitative estimate of drug-likeness (QED) is 0.829. The molecule has 1 aliphatic heterocycles. The molecule has 0 spiro atoms. The van der Waals surface area contributed by atoms with Crippen LogP contribution >= 0.6 is 0 Å². The Morgan fingerprint density at radius 1 is 1.45 bits per heavy atom. The number of β-amino-alcohol motifs (C(OH)–C–C–N with tert-alkyl or cyclic N) is 1. The number of likely N-dealkylation sites (tertiary alicyclic amines) is 1. The van der Waals surface area contributed by atoms with E-state index in [1.54, 1.807) is 4.90 Å². The molecule has 6 heteroatoms. The van der Waals surface area contributed by atoms with E-state index in [9.17, 15) is 14.7 Å². The fourth-order valence-electron chi connectivity index (χ4n) is 2.42. The van der Waals surface area contributed by atoms with Crippen molar-refractivity contribution in [2.24, 2.45) is 0 Å². The van der Waals surface area contributed by atoms with Gasteiger partial charge in [-0.2, -0.15) is 0 Å². The molecule has 0 radical (unpaired) electrons. The van der Waals surface area contributed by atoms with E-state index in [4.69, 9.17) is 4.74 Å². The number of hydrogen-bond acceptors (Lipinski definition) is 4.